The third kappa shape index (κ3) is 2.77. The number of aryl methyl sites for hydroxylation is 1. The summed E-state index contributed by atoms with van der Waals surface area (Å²) < 4.78 is 0. The maximum absolute atomic E-state index is 2.44. The van der Waals surface area contributed by atoms with E-state index >= 15 is 0 Å². The standard InChI is InChI=1S/C33H30/c1-5-12-27-25(22-14-7-6-13-21(22)2)19-20-29-30-26-17-10-8-15-23(26)24-16-9-11-18-28(24)32(30)33(3,4)31(27)29/h6-11,13-20H,5,12H2,1-4H3. The first kappa shape index (κ1) is 20.2. The van der Waals surface area contributed by atoms with Gasteiger partial charge in [0.25, 0.3) is 0 Å². The van der Waals surface area contributed by atoms with Gasteiger partial charge in [0.05, 0.1) is 0 Å². The average molecular weight is 427 g/mol. The highest BCUT2D eigenvalue weighted by atomic mass is 14.4. The maximum Gasteiger partial charge on any atom is 0.0168 e. The van der Waals surface area contributed by atoms with Gasteiger partial charge >= 0.3 is 0 Å². The highest BCUT2D eigenvalue weighted by Gasteiger charge is 2.40. The summed E-state index contributed by atoms with van der Waals surface area (Å²) >= 11 is 0. The van der Waals surface area contributed by atoms with Crippen molar-refractivity contribution in [1.82, 2.24) is 0 Å². The molecular formula is C33H30. The SMILES string of the molecule is CCCc1c(-c2ccccc2C)ccc2c1C(C)(C)c1c-2c2ccccc2c2ccccc12. The first-order valence-electron chi connectivity index (χ1n) is 12.2. The van der Waals surface area contributed by atoms with Crippen LogP contribution in [0.25, 0.3) is 43.8 Å². The van der Waals surface area contributed by atoms with Crippen LogP contribution < -0.4 is 0 Å². The van der Waals surface area contributed by atoms with E-state index < -0.39 is 0 Å². The molecule has 0 radical (unpaired) electrons. The zero-order valence-corrected chi connectivity index (χ0v) is 20.0. The molecule has 1 aliphatic rings. The highest BCUT2D eigenvalue weighted by Crippen LogP contribution is 2.56. The molecule has 0 heteroatoms. The summed E-state index contributed by atoms with van der Waals surface area (Å²) in [6.07, 6.45) is 2.24. The van der Waals surface area contributed by atoms with Crippen molar-refractivity contribution >= 4 is 21.5 Å². The van der Waals surface area contributed by atoms with Crippen molar-refractivity contribution in [2.24, 2.45) is 0 Å². The molecule has 0 unspecified atom stereocenters. The Bertz CT molecular complexity index is 1550. The fraction of sp³-hybridized carbons (Fsp3) is 0.212. The van der Waals surface area contributed by atoms with Gasteiger partial charge in [-0.3, -0.25) is 0 Å². The van der Waals surface area contributed by atoms with E-state index in [9.17, 15) is 0 Å². The van der Waals surface area contributed by atoms with Gasteiger partial charge < -0.3 is 0 Å². The molecule has 0 atom stereocenters. The molecule has 0 fully saturated rings. The van der Waals surface area contributed by atoms with Crippen molar-refractivity contribution in [3.63, 3.8) is 0 Å². The van der Waals surface area contributed by atoms with Crippen molar-refractivity contribution in [2.45, 2.75) is 46.0 Å². The molecule has 0 heterocycles. The Morgan fingerprint density at radius 2 is 1.15 bits per heavy atom. The minimum absolute atomic E-state index is 0.0580. The number of hydrogen-bond acceptors (Lipinski definition) is 0. The molecule has 0 aromatic heterocycles. The van der Waals surface area contributed by atoms with Crippen molar-refractivity contribution in [3.05, 3.63) is 107 Å². The van der Waals surface area contributed by atoms with Crippen molar-refractivity contribution in [3.8, 4) is 22.3 Å². The molecule has 0 saturated heterocycles. The minimum atomic E-state index is -0.0580. The van der Waals surface area contributed by atoms with Gasteiger partial charge in [-0.1, -0.05) is 112 Å². The Morgan fingerprint density at radius 3 is 1.85 bits per heavy atom. The number of rotatable bonds is 3. The molecular weight excluding hydrogens is 396 g/mol. The summed E-state index contributed by atoms with van der Waals surface area (Å²) in [5.41, 5.74) is 11.5. The summed E-state index contributed by atoms with van der Waals surface area (Å²) in [6.45, 7) is 9.43. The second-order valence-electron chi connectivity index (χ2n) is 10.0. The quantitative estimate of drug-likeness (QED) is 0.252. The van der Waals surface area contributed by atoms with Crippen molar-refractivity contribution in [1.29, 1.82) is 0 Å². The Hall–Kier alpha value is -3.38. The fourth-order valence-corrected chi connectivity index (χ4v) is 6.40. The molecule has 5 aromatic carbocycles. The van der Waals surface area contributed by atoms with Crippen molar-refractivity contribution in [2.75, 3.05) is 0 Å². The zero-order valence-electron chi connectivity index (χ0n) is 20.0. The van der Waals surface area contributed by atoms with E-state index in [0.717, 1.165) is 12.8 Å². The van der Waals surface area contributed by atoms with E-state index in [0.29, 0.717) is 0 Å². The smallest absolute Gasteiger partial charge is 0.0168 e. The lowest BCUT2D eigenvalue weighted by atomic mass is 9.75. The van der Waals surface area contributed by atoms with Crippen LogP contribution in [0.1, 0.15) is 49.4 Å². The Labute approximate surface area is 196 Å². The normalized spacial score (nSPS) is 13.9. The van der Waals surface area contributed by atoms with E-state index in [-0.39, 0.29) is 5.41 Å². The van der Waals surface area contributed by atoms with Gasteiger partial charge in [-0.15, -0.1) is 0 Å². The van der Waals surface area contributed by atoms with Crippen LogP contribution >= 0.6 is 0 Å². The molecule has 0 spiro atoms. The number of hydrogen-bond donors (Lipinski definition) is 0. The second kappa shape index (κ2) is 7.32. The largest absolute Gasteiger partial charge is 0.0651 e. The number of benzene rings is 5. The third-order valence-corrected chi connectivity index (χ3v) is 7.70. The molecule has 0 bridgehead atoms. The van der Waals surface area contributed by atoms with Crippen LogP contribution in [-0.4, -0.2) is 0 Å². The molecule has 0 nitrogen and oxygen atoms in total. The van der Waals surface area contributed by atoms with E-state index in [1.54, 1.807) is 0 Å². The first-order valence-corrected chi connectivity index (χ1v) is 12.2. The number of fused-ring (bicyclic) bond motifs is 8. The fourth-order valence-electron chi connectivity index (χ4n) is 6.40. The van der Waals surface area contributed by atoms with Gasteiger partial charge in [0.1, 0.15) is 0 Å². The summed E-state index contributed by atoms with van der Waals surface area (Å²) in [7, 11) is 0. The monoisotopic (exact) mass is 426 g/mol. The topological polar surface area (TPSA) is 0 Å². The molecule has 6 rings (SSSR count). The summed E-state index contributed by atoms with van der Waals surface area (Å²) in [5.74, 6) is 0. The molecule has 5 aromatic rings. The van der Waals surface area contributed by atoms with Crippen LogP contribution in [0.15, 0.2) is 84.9 Å². The van der Waals surface area contributed by atoms with Crippen molar-refractivity contribution < 1.29 is 0 Å². The van der Waals surface area contributed by atoms with Crippen LogP contribution in [0, 0.1) is 6.92 Å². The molecule has 0 aliphatic heterocycles. The lowest BCUT2D eigenvalue weighted by Gasteiger charge is -2.27. The second-order valence-corrected chi connectivity index (χ2v) is 10.0. The predicted molar refractivity (Wildman–Crippen MR) is 143 cm³/mol. The third-order valence-electron chi connectivity index (χ3n) is 7.70. The maximum atomic E-state index is 2.44. The van der Waals surface area contributed by atoms with E-state index in [1.165, 1.54) is 66.1 Å². The first-order chi connectivity index (χ1) is 16.0. The minimum Gasteiger partial charge on any atom is -0.0651 e. The Balaban J connectivity index is 1.78. The van der Waals surface area contributed by atoms with Crippen LogP contribution in [0.5, 0.6) is 0 Å². The molecule has 162 valence electrons. The van der Waals surface area contributed by atoms with Crippen LogP contribution in [0.3, 0.4) is 0 Å². The van der Waals surface area contributed by atoms with Crippen LogP contribution in [0.4, 0.5) is 0 Å². The van der Waals surface area contributed by atoms with Crippen LogP contribution in [-0.2, 0) is 11.8 Å². The van der Waals surface area contributed by atoms with E-state index in [1.807, 2.05) is 0 Å². The predicted octanol–water partition coefficient (Wildman–Crippen LogP) is 9.23. The van der Waals surface area contributed by atoms with Gasteiger partial charge in [0, 0.05) is 5.41 Å². The van der Waals surface area contributed by atoms with E-state index in [4.69, 9.17) is 0 Å². The summed E-state index contributed by atoms with van der Waals surface area (Å²) in [6, 6.07) is 31.6. The lowest BCUT2D eigenvalue weighted by Crippen LogP contribution is -2.18. The Kier molecular flexibility index (Phi) is 4.49. The molecule has 0 amide bonds. The van der Waals surface area contributed by atoms with Crippen LogP contribution in [0.2, 0.25) is 0 Å². The molecule has 1 aliphatic carbocycles. The zero-order chi connectivity index (χ0) is 22.7. The van der Waals surface area contributed by atoms with Gasteiger partial charge in [-0.2, -0.15) is 0 Å². The molecule has 0 N–H and O–H groups in total. The highest BCUT2D eigenvalue weighted by molar-refractivity contribution is 6.18. The average Bonchev–Trinajstić information content (AvgIpc) is 3.08. The van der Waals surface area contributed by atoms with Gasteiger partial charge in [-0.25, -0.2) is 0 Å². The summed E-state index contributed by atoms with van der Waals surface area (Å²) in [5, 5.41) is 5.50. The van der Waals surface area contributed by atoms with E-state index in [2.05, 4.69) is 113 Å². The summed E-state index contributed by atoms with van der Waals surface area (Å²) in [4.78, 5) is 0. The lowest BCUT2D eigenvalue weighted by molar-refractivity contribution is 0.655. The van der Waals surface area contributed by atoms with Gasteiger partial charge in [-0.05, 0) is 79.4 Å². The Morgan fingerprint density at radius 1 is 0.576 bits per heavy atom. The van der Waals surface area contributed by atoms with Gasteiger partial charge in [0.15, 0.2) is 0 Å². The molecule has 0 saturated carbocycles. The molecule has 33 heavy (non-hydrogen) atoms. The van der Waals surface area contributed by atoms with Gasteiger partial charge in [0.2, 0.25) is 0 Å².